The lowest BCUT2D eigenvalue weighted by molar-refractivity contribution is -0.144. The van der Waals surface area contributed by atoms with Gasteiger partial charge in [0, 0.05) is 7.05 Å². The number of ether oxygens (including phenoxy) is 1. The summed E-state index contributed by atoms with van der Waals surface area (Å²) in [4.78, 5) is 28.0. The molecule has 1 aromatic carbocycles. The van der Waals surface area contributed by atoms with Crippen molar-refractivity contribution in [1.29, 1.82) is 0 Å². The first-order chi connectivity index (χ1) is 8.50. The maximum Gasteiger partial charge on any atom is 0.328 e. The molecule has 18 heavy (non-hydrogen) atoms. The van der Waals surface area contributed by atoms with E-state index in [4.69, 9.17) is 10.3 Å². The van der Waals surface area contributed by atoms with Gasteiger partial charge >= 0.3 is 6.21 Å². The summed E-state index contributed by atoms with van der Waals surface area (Å²) in [6.45, 7) is 1.35. The molecule has 0 spiro atoms. The van der Waals surface area contributed by atoms with Gasteiger partial charge in [0.1, 0.15) is 5.75 Å². The van der Waals surface area contributed by atoms with Crippen LogP contribution in [0.2, 0.25) is 0 Å². The van der Waals surface area contributed by atoms with E-state index >= 15 is 0 Å². The number of hydrogen-bond acceptors (Lipinski definition) is 3. The van der Waals surface area contributed by atoms with E-state index in [0.29, 0.717) is 17.7 Å². The van der Waals surface area contributed by atoms with E-state index in [0.717, 1.165) is 0 Å². The molecule has 0 aromatic heterocycles. The van der Waals surface area contributed by atoms with Crippen molar-refractivity contribution < 1.29 is 19.1 Å². The Kier molecular flexibility index (Phi) is 2.73. The van der Waals surface area contributed by atoms with Crippen LogP contribution in [-0.2, 0) is 9.59 Å². The number of nitrogens with zero attached hydrogens (tertiary/aromatic N) is 3. The Morgan fingerprint density at radius 3 is 2.83 bits per heavy atom. The molecule has 0 radical (unpaired) electrons. The van der Waals surface area contributed by atoms with Crippen molar-refractivity contribution in [2.24, 2.45) is 0 Å². The Morgan fingerprint density at radius 2 is 2.17 bits per heavy atom. The highest BCUT2D eigenvalue weighted by Gasteiger charge is 2.50. The number of carbonyl (C=O) groups excluding carboxylic acids is 2. The van der Waals surface area contributed by atoms with Gasteiger partial charge in [0.05, 0.1) is 5.69 Å². The Bertz CT molecular complexity index is 578. The first kappa shape index (κ1) is 12.0. The number of fused-ring (bicyclic) bond motifs is 1. The fraction of sp³-hybridized carbons (Fsp3) is 0.250. The summed E-state index contributed by atoms with van der Waals surface area (Å²) in [6, 6.07) is 6.90. The fourth-order valence-corrected chi connectivity index (χ4v) is 1.84. The molecule has 0 N–H and O–H groups in total. The zero-order chi connectivity index (χ0) is 13.3. The summed E-state index contributed by atoms with van der Waals surface area (Å²) < 4.78 is 5.47. The molecule has 0 saturated carbocycles. The lowest BCUT2D eigenvalue weighted by Gasteiger charge is -2.36. The Morgan fingerprint density at radius 1 is 1.50 bits per heavy atom. The highest BCUT2D eigenvalue weighted by molar-refractivity contribution is 6.37. The maximum atomic E-state index is 12.2. The van der Waals surface area contributed by atoms with Crippen molar-refractivity contribution in [2.45, 2.75) is 12.5 Å². The van der Waals surface area contributed by atoms with Crippen LogP contribution < -0.4 is 9.64 Å². The van der Waals surface area contributed by atoms with Crippen LogP contribution in [0.5, 0.6) is 5.75 Å². The van der Waals surface area contributed by atoms with Crippen molar-refractivity contribution in [2.75, 3.05) is 11.9 Å². The van der Waals surface area contributed by atoms with Gasteiger partial charge < -0.3 is 15.2 Å². The van der Waals surface area contributed by atoms with Crippen LogP contribution in [0.3, 0.4) is 0 Å². The quantitative estimate of drug-likeness (QED) is 0.332. The zero-order valence-electron chi connectivity index (χ0n) is 9.95. The van der Waals surface area contributed by atoms with Crippen LogP contribution in [-0.4, -0.2) is 35.3 Å². The number of ketones is 1. The van der Waals surface area contributed by atoms with Gasteiger partial charge in [-0.3, -0.25) is 9.59 Å². The summed E-state index contributed by atoms with van der Waals surface area (Å²) in [5.41, 5.74) is 7.29. The number of amides is 1. The van der Waals surface area contributed by atoms with Gasteiger partial charge in [0.2, 0.25) is 0 Å². The Balaban J connectivity index is 2.53. The van der Waals surface area contributed by atoms with Gasteiger partial charge in [-0.25, -0.2) is 0 Å². The molecule has 0 aliphatic carbocycles. The third-order valence-electron chi connectivity index (χ3n) is 2.90. The summed E-state index contributed by atoms with van der Waals surface area (Å²) >= 11 is 0. The van der Waals surface area contributed by atoms with E-state index < -0.39 is 17.3 Å². The van der Waals surface area contributed by atoms with Crippen LogP contribution in [0.1, 0.15) is 6.92 Å². The summed E-state index contributed by atoms with van der Waals surface area (Å²) in [6.07, 6.45) is 0.666. The summed E-state index contributed by atoms with van der Waals surface area (Å²) in [7, 11) is 1.56. The second-order valence-corrected chi connectivity index (χ2v) is 4.08. The van der Waals surface area contributed by atoms with E-state index in [9.17, 15) is 9.59 Å². The molecule has 92 valence electrons. The van der Waals surface area contributed by atoms with Crippen molar-refractivity contribution in [3.63, 3.8) is 0 Å². The number of para-hydroxylation sites is 2. The van der Waals surface area contributed by atoms with Crippen molar-refractivity contribution >= 4 is 23.6 Å². The Labute approximate surface area is 103 Å². The highest BCUT2D eigenvalue weighted by atomic mass is 16.5. The van der Waals surface area contributed by atoms with E-state index in [2.05, 4.69) is 4.79 Å². The smallest absolute Gasteiger partial charge is 0.328 e. The topological polar surface area (TPSA) is 83.0 Å². The molecule has 0 bridgehead atoms. The number of Topliss-reactive ketones (excluding diaryl/α,β-unsaturated/α-hetero) is 1. The van der Waals surface area contributed by atoms with Crippen LogP contribution in [0, 0.1) is 0 Å². The monoisotopic (exact) mass is 245 g/mol. The van der Waals surface area contributed by atoms with Gasteiger partial charge in [-0.1, -0.05) is 12.1 Å². The third kappa shape index (κ3) is 1.59. The minimum Gasteiger partial charge on any atom is -0.467 e. The molecule has 0 fully saturated rings. The standard InChI is InChI=1S/C12H11N3O3/c1-12(10(16)7-14-13)11(17)15(2)8-5-3-4-6-9(8)18-12/h3-7H,1-2H3. The van der Waals surface area contributed by atoms with E-state index in [1.165, 1.54) is 11.8 Å². The molecule has 1 heterocycles. The largest absolute Gasteiger partial charge is 0.467 e. The van der Waals surface area contributed by atoms with E-state index in [1.807, 2.05) is 0 Å². The number of likely N-dealkylation sites (N-methyl/N-ethyl adjacent to an activating group) is 1. The highest BCUT2D eigenvalue weighted by Crippen LogP contribution is 2.36. The number of rotatable bonds is 2. The number of benzene rings is 1. The molecule has 2 rings (SSSR count). The molecule has 0 saturated heterocycles. The Hall–Kier alpha value is -2.46. The number of anilines is 1. The number of hydrogen-bond donors (Lipinski definition) is 0. The van der Waals surface area contributed by atoms with Crippen molar-refractivity contribution in [3.8, 4) is 5.75 Å². The van der Waals surface area contributed by atoms with Gasteiger partial charge in [0.25, 0.3) is 17.3 Å². The molecule has 1 unspecified atom stereocenters. The minimum absolute atomic E-state index is 0.432. The zero-order valence-corrected chi connectivity index (χ0v) is 9.95. The molecule has 1 aliphatic heterocycles. The molecule has 1 amide bonds. The minimum atomic E-state index is -1.70. The average Bonchev–Trinajstić information content (AvgIpc) is 2.36. The predicted molar refractivity (Wildman–Crippen MR) is 63.6 cm³/mol. The third-order valence-corrected chi connectivity index (χ3v) is 2.90. The molecule has 6 nitrogen and oxygen atoms in total. The fourth-order valence-electron chi connectivity index (χ4n) is 1.84. The van der Waals surface area contributed by atoms with Gasteiger partial charge in [-0.15, -0.1) is 0 Å². The van der Waals surface area contributed by atoms with E-state index in [-0.39, 0.29) is 0 Å². The first-order valence-electron chi connectivity index (χ1n) is 5.29. The van der Waals surface area contributed by atoms with Crippen molar-refractivity contribution in [3.05, 3.63) is 29.8 Å². The first-order valence-corrected chi connectivity index (χ1v) is 5.29. The molecule has 6 heteroatoms. The summed E-state index contributed by atoms with van der Waals surface area (Å²) in [5.74, 6) is -0.788. The van der Waals surface area contributed by atoms with Gasteiger partial charge in [0.15, 0.2) is 0 Å². The molecular weight excluding hydrogens is 234 g/mol. The lowest BCUT2D eigenvalue weighted by atomic mass is 9.97. The SMILES string of the molecule is CN1C(=O)C(C)(C(=O)C=[N+]=[N-])Oc2ccccc21. The maximum absolute atomic E-state index is 12.2. The lowest BCUT2D eigenvalue weighted by Crippen LogP contribution is -2.58. The van der Waals surface area contributed by atoms with E-state index in [1.54, 1.807) is 31.3 Å². The summed E-state index contributed by atoms with van der Waals surface area (Å²) in [5, 5.41) is 0. The molecule has 1 aromatic rings. The molecule has 1 aliphatic rings. The average molecular weight is 245 g/mol. The molecular formula is C12H11N3O3. The second-order valence-electron chi connectivity index (χ2n) is 4.08. The van der Waals surface area contributed by atoms with Crippen LogP contribution >= 0.6 is 0 Å². The van der Waals surface area contributed by atoms with Gasteiger partial charge in [-0.05, 0) is 19.1 Å². The second kappa shape index (κ2) is 4.09. The molecule has 1 atom stereocenters. The van der Waals surface area contributed by atoms with Crippen LogP contribution in [0.15, 0.2) is 24.3 Å². The van der Waals surface area contributed by atoms with Gasteiger partial charge in [-0.2, -0.15) is 4.79 Å². The van der Waals surface area contributed by atoms with Crippen LogP contribution in [0.4, 0.5) is 5.69 Å². The normalized spacial score (nSPS) is 21.7. The van der Waals surface area contributed by atoms with Crippen LogP contribution in [0.25, 0.3) is 5.53 Å². The predicted octanol–water partition coefficient (Wildman–Crippen LogP) is 0.670. The van der Waals surface area contributed by atoms with Crippen molar-refractivity contribution in [1.82, 2.24) is 0 Å². The number of carbonyl (C=O) groups is 2.